The number of aromatic nitrogens is 2. The summed E-state index contributed by atoms with van der Waals surface area (Å²) in [5, 5.41) is 16.6. The molecule has 3 nitrogen and oxygen atoms in total. The van der Waals surface area contributed by atoms with Gasteiger partial charge in [0.2, 0.25) is 0 Å². The van der Waals surface area contributed by atoms with E-state index in [1.807, 2.05) is 6.07 Å². The Morgan fingerprint density at radius 2 is 2.00 bits per heavy atom. The molecule has 0 radical (unpaired) electrons. The van der Waals surface area contributed by atoms with E-state index in [1.165, 1.54) is 0 Å². The number of aliphatic hydroxyl groups excluding tert-OH is 1. The molecule has 1 aromatic carbocycles. The zero-order chi connectivity index (χ0) is 10.8. The Morgan fingerprint density at radius 1 is 1.20 bits per heavy atom. The SMILES string of the molecule is OCc1cc(-c2ccc(Cl)c(Cl)c2)n[nH]1. The van der Waals surface area contributed by atoms with Gasteiger partial charge in [0.25, 0.3) is 0 Å². The van der Waals surface area contributed by atoms with Crippen LogP contribution in [0.25, 0.3) is 11.3 Å². The molecular formula is C10H8Cl2N2O. The average molecular weight is 243 g/mol. The minimum atomic E-state index is -0.0612. The number of hydrogen-bond donors (Lipinski definition) is 2. The number of aliphatic hydroxyl groups is 1. The van der Waals surface area contributed by atoms with E-state index in [0.717, 1.165) is 11.3 Å². The highest BCUT2D eigenvalue weighted by molar-refractivity contribution is 6.42. The molecule has 15 heavy (non-hydrogen) atoms. The summed E-state index contributed by atoms with van der Waals surface area (Å²) in [5.41, 5.74) is 2.26. The summed E-state index contributed by atoms with van der Waals surface area (Å²) in [6.45, 7) is -0.0612. The van der Waals surface area contributed by atoms with Crippen LogP contribution in [0.3, 0.4) is 0 Å². The van der Waals surface area contributed by atoms with Gasteiger partial charge in [0.15, 0.2) is 0 Å². The molecule has 0 aliphatic heterocycles. The van der Waals surface area contributed by atoms with Crippen molar-refractivity contribution in [1.82, 2.24) is 10.2 Å². The monoisotopic (exact) mass is 242 g/mol. The zero-order valence-electron chi connectivity index (χ0n) is 7.67. The lowest BCUT2D eigenvalue weighted by Gasteiger charge is -1.98. The van der Waals surface area contributed by atoms with Gasteiger partial charge in [0.1, 0.15) is 0 Å². The summed E-state index contributed by atoms with van der Waals surface area (Å²) >= 11 is 11.7. The Kier molecular flexibility index (Phi) is 2.95. The Morgan fingerprint density at radius 3 is 2.60 bits per heavy atom. The second-order valence-electron chi connectivity index (χ2n) is 3.07. The molecule has 1 aromatic heterocycles. The second kappa shape index (κ2) is 4.23. The van der Waals surface area contributed by atoms with Gasteiger partial charge in [-0.25, -0.2) is 0 Å². The van der Waals surface area contributed by atoms with E-state index in [1.54, 1.807) is 18.2 Å². The van der Waals surface area contributed by atoms with Gasteiger partial charge < -0.3 is 5.11 Å². The van der Waals surface area contributed by atoms with Crippen LogP contribution >= 0.6 is 23.2 Å². The molecule has 78 valence electrons. The van der Waals surface area contributed by atoms with Gasteiger partial charge >= 0.3 is 0 Å². The number of H-pyrrole nitrogens is 1. The number of hydrogen-bond acceptors (Lipinski definition) is 2. The highest BCUT2D eigenvalue weighted by Crippen LogP contribution is 2.27. The van der Waals surface area contributed by atoms with Gasteiger partial charge in [-0.05, 0) is 18.2 Å². The van der Waals surface area contributed by atoms with Crippen LogP contribution in [-0.2, 0) is 6.61 Å². The molecule has 0 saturated carbocycles. The van der Waals surface area contributed by atoms with Crippen molar-refractivity contribution in [3.05, 3.63) is 40.0 Å². The van der Waals surface area contributed by atoms with Crippen molar-refractivity contribution in [3.63, 3.8) is 0 Å². The summed E-state index contributed by atoms with van der Waals surface area (Å²) in [5.74, 6) is 0. The molecule has 0 aliphatic rings. The summed E-state index contributed by atoms with van der Waals surface area (Å²) in [6, 6.07) is 7.04. The molecule has 0 amide bonds. The lowest BCUT2D eigenvalue weighted by Crippen LogP contribution is -1.79. The highest BCUT2D eigenvalue weighted by Gasteiger charge is 2.05. The number of aromatic amines is 1. The van der Waals surface area contributed by atoms with E-state index < -0.39 is 0 Å². The van der Waals surface area contributed by atoms with Gasteiger partial charge in [0, 0.05) is 5.56 Å². The highest BCUT2D eigenvalue weighted by atomic mass is 35.5. The molecule has 5 heteroatoms. The molecule has 2 N–H and O–H groups in total. The molecule has 0 unspecified atom stereocenters. The summed E-state index contributed by atoms with van der Waals surface area (Å²) in [7, 11) is 0. The first-order chi connectivity index (χ1) is 7.20. The van der Waals surface area contributed by atoms with Crippen molar-refractivity contribution in [2.75, 3.05) is 0 Å². The van der Waals surface area contributed by atoms with E-state index >= 15 is 0 Å². The fourth-order valence-electron chi connectivity index (χ4n) is 1.25. The number of nitrogens with one attached hydrogen (secondary N) is 1. The van der Waals surface area contributed by atoms with Crippen molar-refractivity contribution in [2.45, 2.75) is 6.61 Å². The van der Waals surface area contributed by atoms with Gasteiger partial charge in [-0.15, -0.1) is 0 Å². The maximum Gasteiger partial charge on any atom is 0.0924 e. The van der Waals surface area contributed by atoms with Crippen molar-refractivity contribution >= 4 is 23.2 Å². The number of rotatable bonds is 2. The van der Waals surface area contributed by atoms with Gasteiger partial charge in [-0.3, -0.25) is 5.10 Å². The molecule has 2 rings (SSSR count). The first kappa shape index (κ1) is 10.5. The lowest BCUT2D eigenvalue weighted by molar-refractivity contribution is 0.276. The van der Waals surface area contributed by atoms with Crippen LogP contribution in [0.4, 0.5) is 0 Å². The Labute approximate surface area is 96.7 Å². The zero-order valence-corrected chi connectivity index (χ0v) is 9.18. The van der Waals surface area contributed by atoms with Crippen LogP contribution in [0.5, 0.6) is 0 Å². The molecule has 1 heterocycles. The Hall–Kier alpha value is -1.03. The number of halogens is 2. The third-order valence-electron chi connectivity index (χ3n) is 2.02. The standard InChI is InChI=1S/C10H8Cl2N2O/c11-8-2-1-6(3-9(8)12)10-4-7(5-15)13-14-10/h1-4,15H,5H2,(H,13,14). The van der Waals surface area contributed by atoms with E-state index in [4.69, 9.17) is 28.3 Å². The van der Waals surface area contributed by atoms with Crippen LogP contribution < -0.4 is 0 Å². The second-order valence-corrected chi connectivity index (χ2v) is 3.88. The minimum Gasteiger partial charge on any atom is -0.390 e. The maximum absolute atomic E-state index is 8.88. The lowest BCUT2D eigenvalue weighted by atomic mass is 10.1. The first-order valence-electron chi connectivity index (χ1n) is 4.31. The van der Waals surface area contributed by atoms with Gasteiger partial charge in [0.05, 0.1) is 28.0 Å². The van der Waals surface area contributed by atoms with Crippen LogP contribution in [0, 0.1) is 0 Å². The smallest absolute Gasteiger partial charge is 0.0924 e. The molecule has 0 saturated heterocycles. The van der Waals surface area contributed by atoms with Crippen molar-refractivity contribution in [3.8, 4) is 11.3 Å². The van der Waals surface area contributed by atoms with Crippen molar-refractivity contribution in [2.24, 2.45) is 0 Å². The summed E-state index contributed by atoms with van der Waals surface area (Å²) in [4.78, 5) is 0. The molecule has 2 aromatic rings. The predicted molar refractivity (Wildman–Crippen MR) is 60.0 cm³/mol. The number of benzene rings is 1. The van der Waals surface area contributed by atoms with Crippen LogP contribution in [0.1, 0.15) is 5.69 Å². The maximum atomic E-state index is 8.88. The van der Waals surface area contributed by atoms with Gasteiger partial charge in [-0.2, -0.15) is 5.10 Å². The summed E-state index contributed by atoms with van der Waals surface area (Å²) < 4.78 is 0. The number of nitrogens with zero attached hydrogens (tertiary/aromatic N) is 1. The minimum absolute atomic E-state index is 0.0612. The predicted octanol–water partition coefficient (Wildman–Crippen LogP) is 2.88. The van der Waals surface area contributed by atoms with Gasteiger partial charge in [-0.1, -0.05) is 29.3 Å². The fourth-order valence-corrected chi connectivity index (χ4v) is 1.54. The van der Waals surface area contributed by atoms with E-state index in [2.05, 4.69) is 10.2 Å². The third kappa shape index (κ3) is 2.15. The first-order valence-corrected chi connectivity index (χ1v) is 5.07. The Bertz CT molecular complexity index is 482. The fraction of sp³-hybridized carbons (Fsp3) is 0.100. The van der Waals surface area contributed by atoms with E-state index in [-0.39, 0.29) is 6.61 Å². The van der Waals surface area contributed by atoms with Crippen molar-refractivity contribution < 1.29 is 5.11 Å². The van der Waals surface area contributed by atoms with Crippen LogP contribution in [0.15, 0.2) is 24.3 Å². The van der Waals surface area contributed by atoms with Crippen LogP contribution in [0.2, 0.25) is 10.0 Å². The Balaban J connectivity index is 2.40. The molecule has 0 atom stereocenters. The average Bonchev–Trinajstić information content (AvgIpc) is 2.70. The molecule has 0 aliphatic carbocycles. The van der Waals surface area contributed by atoms with E-state index in [9.17, 15) is 0 Å². The molecular weight excluding hydrogens is 235 g/mol. The van der Waals surface area contributed by atoms with E-state index in [0.29, 0.717) is 15.7 Å². The van der Waals surface area contributed by atoms with Crippen molar-refractivity contribution in [1.29, 1.82) is 0 Å². The topological polar surface area (TPSA) is 48.9 Å². The third-order valence-corrected chi connectivity index (χ3v) is 2.76. The summed E-state index contributed by atoms with van der Waals surface area (Å²) in [6.07, 6.45) is 0. The normalized spacial score (nSPS) is 10.6. The molecule has 0 bridgehead atoms. The largest absolute Gasteiger partial charge is 0.390 e. The van der Waals surface area contributed by atoms with Crippen LogP contribution in [-0.4, -0.2) is 15.3 Å². The molecule has 0 spiro atoms. The quantitative estimate of drug-likeness (QED) is 0.851. The molecule has 0 fully saturated rings.